The van der Waals surface area contributed by atoms with Gasteiger partial charge in [0, 0.05) is 17.7 Å². The molecule has 0 amide bonds. The lowest BCUT2D eigenvalue weighted by atomic mass is 10.1. The normalized spacial score (nSPS) is 10.2. The standard InChI is InChI=1S/C15H14N2O5/c1-2-22-13-6-3-11(4-7-13)14(18)10-16-9-12(17(20)21)5-8-15(16)19/h3-9H,2,10H2,1H3. The monoisotopic (exact) mass is 302 g/mol. The molecule has 114 valence electrons. The molecule has 1 heterocycles. The first-order chi connectivity index (χ1) is 10.5. The molecule has 0 unspecified atom stereocenters. The number of carbonyl (C=O) groups excluding carboxylic acids is 1. The van der Waals surface area contributed by atoms with Gasteiger partial charge < -0.3 is 9.30 Å². The molecule has 1 aromatic carbocycles. The Labute approximate surface area is 125 Å². The van der Waals surface area contributed by atoms with E-state index in [-0.39, 0.29) is 18.0 Å². The summed E-state index contributed by atoms with van der Waals surface area (Å²) in [4.78, 5) is 33.9. The molecule has 22 heavy (non-hydrogen) atoms. The van der Waals surface area contributed by atoms with Crippen LogP contribution in [-0.4, -0.2) is 21.9 Å². The highest BCUT2D eigenvalue weighted by Crippen LogP contribution is 2.13. The molecule has 1 aromatic heterocycles. The largest absolute Gasteiger partial charge is 0.494 e. The minimum Gasteiger partial charge on any atom is -0.494 e. The number of ether oxygens (including phenoxy) is 1. The predicted molar refractivity (Wildman–Crippen MR) is 79.3 cm³/mol. The van der Waals surface area contributed by atoms with Gasteiger partial charge in [0.25, 0.3) is 11.2 Å². The Kier molecular flexibility index (Phi) is 4.67. The van der Waals surface area contributed by atoms with Gasteiger partial charge >= 0.3 is 0 Å². The molecular weight excluding hydrogens is 288 g/mol. The maximum absolute atomic E-state index is 12.1. The number of hydrogen-bond donors (Lipinski definition) is 0. The van der Waals surface area contributed by atoms with Crippen LogP contribution in [0.5, 0.6) is 5.75 Å². The molecule has 7 nitrogen and oxygen atoms in total. The molecule has 0 N–H and O–H groups in total. The molecule has 0 aliphatic carbocycles. The lowest BCUT2D eigenvalue weighted by Crippen LogP contribution is -2.23. The summed E-state index contributed by atoms with van der Waals surface area (Å²) in [5.74, 6) is 0.331. The van der Waals surface area contributed by atoms with Crippen LogP contribution in [0.25, 0.3) is 0 Å². The Bertz CT molecular complexity index is 749. The topological polar surface area (TPSA) is 91.4 Å². The molecule has 0 aliphatic heterocycles. The van der Waals surface area contributed by atoms with E-state index in [9.17, 15) is 19.7 Å². The van der Waals surface area contributed by atoms with Crippen LogP contribution in [0.4, 0.5) is 5.69 Å². The molecule has 0 saturated heterocycles. The number of benzene rings is 1. The molecule has 0 saturated carbocycles. The van der Waals surface area contributed by atoms with Crippen molar-refractivity contribution < 1.29 is 14.5 Å². The highest BCUT2D eigenvalue weighted by molar-refractivity contribution is 5.96. The van der Waals surface area contributed by atoms with Crippen LogP contribution in [0, 0.1) is 10.1 Å². The first-order valence-electron chi connectivity index (χ1n) is 6.62. The smallest absolute Gasteiger partial charge is 0.285 e. The fraction of sp³-hybridized carbons (Fsp3) is 0.200. The summed E-state index contributed by atoms with van der Waals surface area (Å²) in [6.07, 6.45) is 1.06. The predicted octanol–water partition coefficient (Wildman–Crippen LogP) is 2.04. The second kappa shape index (κ2) is 6.66. The summed E-state index contributed by atoms with van der Waals surface area (Å²) in [6, 6.07) is 8.69. The van der Waals surface area contributed by atoms with Gasteiger partial charge in [-0.05, 0) is 31.2 Å². The number of Topliss-reactive ketones (excluding diaryl/α,β-unsaturated/α-hetero) is 1. The molecule has 0 fully saturated rings. The number of nitro groups is 1. The fourth-order valence-electron chi connectivity index (χ4n) is 1.90. The average Bonchev–Trinajstić information content (AvgIpc) is 2.50. The van der Waals surface area contributed by atoms with E-state index in [0.717, 1.165) is 22.9 Å². The molecule has 0 bridgehead atoms. The molecule has 2 rings (SSSR count). The van der Waals surface area contributed by atoms with Crippen LogP contribution in [0.3, 0.4) is 0 Å². The zero-order valence-corrected chi connectivity index (χ0v) is 11.9. The Morgan fingerprint density at radius 1 is 1.23 bits per heavy atom. The van der Waals surface area contributed by atoms with Gasteiger partial charge in [0.15, 0.2) is 5.78 Å². The van der Waals surface area contributed by atoms with Crippen molar-refractivity contribution in [2.24, 2.45) is 0 Å². The zero-order valence-electron chi connectivity index (χ0n) is 11.9. The first kappa shape index (κ1) is 15.4. The van der Waals surface area contributed by atoms with Gasteiger partial charge in [0.1, 0.15) is 5.75 Å². The second-order valence-corrected chi connectivity index (χ2v) is 4.49. The zero-order chi connectivity index (χ0) is 16.1. The SMILES string of the molecule is CCOc1ccc(C(=O)Cn2cc([N+](=O)[O-])ccc2=O)cc1. The third-order valence-corrected chi connectivity index (χ3v) is 2.98. The van der Waals surface area contributed by atoms with Gasteiger partial charge in [0.05, 0.1) is 24.3 Å². The molecule has 2 aromatic rings. The first-order valence-corrected chi connectivity index (χ1v) is 6.62. The minimum atomic E-state index is -0.614. The van der Waals surface area contributed by atoms with Gasteiger partial charge in [-0.1, -0.05) is 0 Å². The molecule has 0 atom stereocenters. The summed E-state index contributed by atoms with van der Waals surface area (Å²) in [5, 5.41) is 10.7. The summed E-state index contributed by atoms with van der Waals surface area (Å²) in [6.45, 7) is 2.12. The Morgan fingerprint density at radius 2 is 1.91 bits per heavy atom. The van der Waals surface area contributed by atoms with E-state index in [0.29, 0.717) is 17.9 Å². The highest BCUT2D eigenvalue weighted by atomic mass is 16.6. The van der Waals surface area contributed by atoms with Gasteiger partial charge in [-0.15, -0.1) is 0 Å². The van der Waals surface area contributed by atoms with E-state index in [1.165, 1.54) is 0 Å². The summed E-state index contributed by atoms with van der Waals surface area (Å²) < 4.78 is 6.30. The number of rotatable bonds is 6. The van der Waals surface area contributed by atoms with Crippen molar-refractivity contribution in [3.63, 3.8) is 0 Å². The molecule has 0 radical (unpaired) electrons. The third-order valence-electron chi connectivity index (χ3n) is 2.98. The van der Waals surface area contributed by atoms with E-state index in [1.807, 2.05) is 6.92 Å². The maximum atomic E-state index is 12.1. The molecule has 0 aliphatic rings. The molecular formula is C15H14N2O5. The Hall–Kier alpha value is -2.96. The van der Waals surface area contributed by atoms with Crippen LogP contribution >= 0.6 is 0 Å². The van der Waals surface area contributed by atoms with Crippen molar-refractivity contribution in [3.8, 4) is 5.75 Å². The van der Waals surface area contributed by atoms with Crippen molar-refractivity contribution in [2.45, 2.75) is 13.5 Å². The van der Waals surface area contributed by atoms with E-state index < -0.39 is 10.5 Å². The van der Waals surface area contributed by atoms with E-state index >= 15 is 0 Å². The van der Waals surface area contributed by atoms with Crippen molar-refractivity contribution in [1.82, 2.24) is 4.57 Å². The van der Waals surface area contributed by atoms with Crippen LogP contribution < -0.4 is 10.3 Å². The fourth-order valence-corrected chi connectivity index (χ4v) is 1.90. The van der Waals surface area contributed by atoms with Crippen LogP contribution in [-0.2, 0) is 6.54 Å². The Balaban J connectivity index is 2.19. The maximum Gasteiger partial charge on any atom is 0.285 e. The molecule has 0 spiro atoms. The number of carbonyl (C=O) groups is 1. The summed E-state index contributed by atoms with van der Waals surface area (Å²) in [5.41, 5.74) is -0.300. The van der Waals surface area contributed by atoms with E-state index in [4.69, 9.17) is 4.74 Å². The van der Waals surface area contributed by atoms with Crippen LogP contribution in [0.15, 0.2) is 47.4 Å². The summed E-state index contributed by atoms with van der Waals surface area (Å²) in [7, 11) is 0. The van der Waals surface area contributed by atoms with Crippen molar-refractivity contribution in [3.05, 3.63) is 68.6 Å². The number of nitrogens with zero attached hydrogens (tertiary/aromatic N) is 2. The minimum absolute atomic E-state index is 0.237. The second-order valence-electron chi connectivity index (χ2n) is 4.49. The number of pyridine rings is 1. The average molecular weight is 302 g/mol. The third kappa shape index (κ3) is 3.57. The van der Waals surface area contributed by atoms with Gasteiger partial charge in [-0.3, -0.25) is 19.7 Å². The number of aromatic nitrogens is 1. The molecule has 7 heteroatoms. The van der Waals surface area contributed by atoms with Crippen molar-refractivity contribution in [1.29, 1.82) is 0 Å². The van der Waals surface area contributed by atoms with E-state index in [2.05, 4.69) is 0 Å². The summed E-state index contributed by atoms with van der Waals surface area (Å²) >= 11 is 0. The van der Waals surface area contributed by atoms with Crippen molar-refractivity contribution >= 4 is 11.5 Å². The lowest BCUT2D eigenvalue weighted by molar-refractivity contribution is -0.385. The number of hydrogen-bond acceptors (Lipinski definition) is 5. The van der Waals surface area contributed by atoms with Crippen molar-refractivity contribution in [2.75, 3.05) is 6.61 Å². The van der Waals surface area contributed by atoms with Gasteiger partial charge in [-0.2, -0.15) is 0 Å². The van der Waals surface area contributed by atoms with Gasteiger partial charge in [-0.25, -0.2) is 0 Å². The van der Waals surface area contributed by atoms with Gasteiger partial charge in [0.2, 0.25) is 0 Å². The Morgan fingerprint density at radius 3 is 2.50 bits per heavy atom. The van der Waals surface area contributed by atoms with E-state index in [1.54, 1.807) is 24.3 Å². The van der Waals surface area contributed by atoms with Crippen LogP contribution in [0.1, 0.15) is 17.3 Å². The highest BCUT2D eigenvalue weighted by Gasteiger charge is 2.12. The number of ketones is 1. The lowest BCUT2D eigenvalue weighted by Gasteiger charge is -2.06. The van der Waals surface area contributed by atoms with Crippen LogP contribution in [0.2, 0.25) is 0 Å². The quantitative estimate of drug-likeness (QED) is 0.462.